The molecule has 1 aromatic heterocycles. The minimum Gasteiger partial charge on any atom is -0.448 e. The van der Waals surface area contributed by atoms with Crippen LogP contribution >= 0.6 is 11.3 Å². The van der Waals surface area contributed by atoms with Gasteiger partial charge in [-0.3, -0.25) is 14.9 Å². The molecule has 23 heavy (non-hydrogen) atoms. The molecule has 0 aromatic carbocycles. The highest BCUT2D eigenvalue weighted by Crippen LogP contribution is 2.18. The molecule has 1 aromatic rings. The average molecular weight is 340 g/mol. The Bertz CT molecular complexity index is 640. The van der Waals surface area contributed by atoms with E-state index in [2.05, 4.69) is 20.9 Å². The number of ether oxygens (including phenoxy) is 1. The molecular weight excluding hydrogens is 324 g/mol. The molecule has 1 aliphatic carbocycles. The number of aromatic nitrogens is 1. The predicted octanol–water partition coefficient (Wildman–Crippen LogP) is 0.635. The third-order valence-electron chi connectivity index (χ3n) is 2.80. The molecule has 3 N–H and O–H groups in total. The monoisotopic (exact) mass is 340 g/mol. The molecule has 1 aliphatic rings. The van der Waals surface area contributed by atoms with Crippen LogP contribution in [0, 0.1) is 0 Å². The van der Waals surface area contributed by atoms with Gasteiger partial charge >= 0.3 is 12.0 Å². The van der Waals surface area contributed by atoms with E-state index < -0.39 is 24.0 Å². The quantitative estimate of drug-likeness (QED) is 0.675. The minimum absolute atomic E-state index is 0.0270. The highest BCUT2D eigenvalue weighted by Gasteiger charge is 2.26. The van der Waals surface area contributed by atoms with Gasteiger partial charge in [-0.25, -0.2) is 14.6 Å². The first-order chi connectivity index (χ1) is 10.8. The summed E-state index contributed by atoms with van der Waals surface area (Å²) in [5.41, 5.74) is -0.0270. The molecule has 4 amide bonds. The Morgan fingerprint density at radius 1 is 1.35 bits per heavy atom. The van der Waals surface area contributed by atoms with E-state index in [1.165, 1.54) is 19.2 Å². The van der Waals surface area contributed by atoms with Crippen LogP contribution in [0.25, 0.3) is 0 Å². The Labute approximate surface area is 135 Å². The van der Waals surface area contributed by atoms with Gasteiger partial charge in [-0.2, -0.15) is 0 Å². The fraction of sp³-hybridized carbons (Fsp3) is 0.462. The summed E-state index contributed by atoms with van der Waals surface area (Å²) < 4.78 is 4.94. The molecule has 2 rings (SSSR count). The summed E-state index contributed by atoms with van der Waals surface area (Å²) in [7, 11) is 0. The lowest BCUT2D eigenvalue weighted by Gasteiger charge is -2.12. The van der Waals surface area contributed by atoms with Crippen molar-refractivity contribution < 1.29 is 23.9 Å². The molecule has 0 spiro atoms. The molecule has 1 heterocycles. The van der Waals surface area contributed by atoms with Crippen LogP contribution in [-0.4, -0.2) is 40.9 Å². The van der Waals surface area contributed by atoms with E-state index in [1.54, 1.807) is 0 Å². The normalized spacial score (nSPS) is 14.5. The smallest absolute Gasteiger partial charge is 0.358 e. The van der Waals surface area contributed by atoms with E-state index in [-0.39, 0.29) is 22.8 Å². The van der Waals surface area contributed by atoms with Gasteiger partial charge < -0.3 is 15.4 Å². The summed E-state index contributed by atoms with van der Waals surface area (Å²) in [5, 5.41) is 8.77. The Kier molecular flexibility index (Phi) is 5.27. The number of nitrogens with one attached hydrogen (secondary N) is 3. The van der Waals surface area contributed by atoms with Crippen molar-refractivity contribution in [1.82, 2.24) is 15.6 Å². The summed E-state index contributed by atoms with van der Waals surface area (Å²) in [4.78, 5) is 49.8. The van der Waals surface area contributed by atoms with Gasteiger partial charge in [-0.15, -0.1) is 11.3 Å². The average Bonchev–Trinajstić information content (AvgIpc) is 3.13. The topological polar surface area (TPSA) is 126 Å². The fourth-order valence-corrected chi connectivity index (χ4v) is 2.24. The standard InChI is InChI=1S/C13H16N4O5S/c1-6(10(19)17-12(21)15-8-3-4-8)22-11(20)9-5-23-13(16-9)14-7(2)18/h5-6,8H,3-4H2,1-2H3,(H,14,16,18)(H2,15,17,19,21). The second-order valence-corrected chi connectivity index (χ2v) is 5.86. The number of carbonyl (C=O) groups is 4. The first kappa shape index (κ1) is 16.9. The number of hydrogen-bond donors (Lipinski definition) is 3. The highest BCUT2D eigenvalue weighted by atomic mass is 32.1. The zero-order valence-corrected chi connectivity index (χ0v) is 13.4. The summed E-state index contributed by atoms with van der Waals surface area (Å²) >= 11 is 1.06. The van der Waals surface area contributed by atoms with Crippen LogP contribution in [0.15, 0.2) is 5.38 Å². The SMILES string of the molecule is CC(=O)Nc1nc(C(=O)OC(C)C(=O)NC(=O)NC2CC2)cs1. The lowest BCUT2D eigenvalue weighted by atomic mass is 10.3. The molecule has 0 aliphatic heterocycles. The van der Waals surface area contributed by atoms with Crippen LogP contribution in [0.2, 0.25) is 0 Å². The van der Waals surface area contributed by atoms with E-state index in [4.69, 9.17) is 4.74 Å². The van der Waals surface area contributed by atoms with Crippen LogP contribution in [-0.2, 0) is 14.3 Å². The van der Waals surface area contributed by atoms with Crippen LogP contribution in [0.3, 0.4) is 0 Å². The van der Waals surface area contributed by atoms with Gasteiger partial charge in [-0.1, -0.05) is 0 Å². The lowest BCUT2D eigenvalue weighted by molar-refractivity contribution is -0.127. The first-order valence-corrected chi connectivity index (χ1v) is 7.78. The van der Waals surface area contributed by atoms with Crippen molar-refractivity contribution in [3.8, 4) is 0 Å². The molecule has 1 unspecified atom stereocenters. The maximum atomic E-state index is 11.9. The number of hydrogen-bond acceptors (Lipinski definition) is 7. The molecule has 124 valence electrons. The molecule has 0 bridgehead atoms. The first-order valence-electron chi connectivity index (χ1n) is 6.90. The van der Waals surface area contributed by atoms with Crippen molar-refractivity contribution in [3.63, 3.8) is 0 Å². The lowest BCUT2D eigenvalue weighted by Crippen LogP contribution is -2.45. The molecule has 1 atom stereocenters. The third-order valence-corrected chi connectivity index (χ3v) is 3.56. The Morgan fingerprint density at radius 2 is 2.04 bits per heavy atom. The number of carbonyl (C=O) groups excluding carboxylic acids is 4. The number of imide groups is 1. The van der Waals surface area contributed by atoms with Crippen LogP contribution in [0.1, 0.15) is 37.2 Å². The van der Waals surface area contributed by atoms with Crippen LogP contribution < -0.4 is 16.0 Å². The van der Waals surface area contributed by atoms with Crippen LogP contribution in [0.5, 0.6) is 0 Å². The number of thiazole rings is 1. The second kappa shape index (κ2) is 7.18. The number of rotatable bonds is 5. The van der Waals surface area contributed by atoms with E-state index in [9.17, 15) is 19.2 Å². The van der Waals surface area contributed by atoms with E-state index in [0.29, 0.717) is 0 Å². The number of esters is 1. The van der Waals surface area contributed by atoms with Gasteiger partial charge in [0.15, 0.2) is 16.9 Å². The molecule has 0 saturated heterocycles. The maximum absolute atomic E-state index is 11.9. The molecule has 1 fully saturated rings. The summed E-state index contributed by atoms with van der Waals surface area (Å²) in [6, 6.07) is -0.495. The van der Waals surface area contributed by atoms with E-state index >= 15 is 0 Å². The highest BCUT2D eigenvalue weighted by molar-refractivity contribution is 7.14. The van der Waals surface area contributed by atoms with Crippen molar-refractivity contribution in [2.45, 2.75) is 38.8 Å². The third kappa shape index (κ3) is 5.33. The van der Waals surface area contributed by atoms with Gasteiger partial charge in [-0.05, 0) is 19.8 Å². The van der Waals surface area contributed by atoms with Crippen molar-refractivity contribution in [2.75, 3.05) is 5.32 Å². The summed E-state index contributed by atoms with van der Waals surface area (Å²) in [6.45, 7) is 2.66. The molecule has 10 heteroatoms. The summed E-state index contributed by atoms with van der Waals surface area (Å²) in [5.74, 6) is -1.86. The van der Waals surface area contributed by atoms with Gasteiger partial charge in [0.1, 0.15) is 0 Å². The minimum atomic E-state index is -1.15. The molecule has 9 nitrogen and oxygen atoms in total. The number of amides is 4. The van der Waals surface area contributed by atoms with Crippen molar-refractivity contribution in [2.24, 2.45) is 0 Å². The molecule has 0 radical (unpaired) electrons. The number of nitrogens with zero attached hydrogens (tertiary/aromatic N) is 1. The van der Waals surface area contributed by atoms with Crippen molar-refractivity contribution in [1.29, 1.82) is 0 Å². The van der Waals surface area contributed by atoms with E-state index in [0.717, 1.165) is 24.2 Å². The van der Waals surface area contributed by atoms with Gasteiger partial charge in [0.2, 0.25) is 5.91 Å². The predicted molar refractivity (Wildman–Crippen MR) is 81.0 cm³/mol. The Hall–Kier alpha value is -2.49. The van der Waals surface area contributed by atoms with Crippen LogP contribution in [0.4, 0.5) is 9.93 Å². The number of anilines is 1. The fourth-order valence-electron chi connectivity index (χ4n) is 1.51. The zero-order valence-electron chi connectivity index (χ0n) is 12.5. The second-order valence-electron chi connectivity index (χ2n) is 5.00. The maximum Gasteiger partial charge on any atom is 0.358 e. The zero-order chi connectivity index (χ0) is 17.0. The van der Waals surface area contributed by atoms with Gasteiger partial charge in [0.05, 0.1) is 0 Å². The number of urea groups is 1. The molecule has 1 saturated carbocycles. The summed E-state index contributed by atoms with van der Waals surface area (Å²) in [6.07, 6.45) is 0.637. The molecular formula is C13H16N4O5S. The van der Waals surface area contributed by atoms with Gasteiger partial charge in [0, 0.05) is 18.3 Å². The van der Waals surface area contributed by atoms with E-state index in [1.807, 2.05) is 0 Å². The van der Waals surface area contributed by atoms with Crippen molar-refractivity contribution in [3.05, 3.63) is 11.1 Å². The Morgan fingerprint density at radius 3 is 2.65 bits per heavy atom. The van der Waals surface area contributed by atoms with Gasteiger partial charge in [0.25, 0.3) is 5.91 Å². The van der Waals surface area contributed by atoms with Crippen molar-refractivity contribution >= 4 is 40.3 Å². The Balaban J connectivity index is 1.83. The largest absolute Gasteiger partial charge is 0.448 e.